The SMILES string of the molecule is Cc1cc(CN2CCC(Oc3ccccc3)CC2)on1. The zero-order chi connectivity index (χ0) is 13.8. The van der Waals surface area contributed by atoms with E-state index in [4.69, 9.17) is 9.26 Å². The zero-order valence-electron chi connectivity index (χ0n) is 11.8. The fraction of sp³-hybridized carbons (Fsp3) is 0.438. The van der Waals surface area contributed by atoms with Crippen LogP contribution in [0.1, 0.15) is 24.3 Å². The van der Waals surface area contributed by atoms with Gasteiger partial charge in [-0.2, -0.15) is 0 Å². The van der Waals surface area contributed by atoms with E-state index in [1.165, 1.54) is 0 Å². The minimum atomic E-state index is 0.324. The molecule has 106 valence electrons. The number of aryl methyl sites for hydroxylation is 1. The van der Waals surface area contributed by atoms with Crippen molar-refractivity contribution in [1.29, 1.82) is 0 Å². The number of piperidine rings is 1. The molecule has 0 N–H and O–H groups in total. The minimum Gasteiger partial charge on any atom is -0.490 e. The second-order valence-corrected chi connectivity index (χ2v) is 5.34. The maximum absolute atomic E-state index is 6.00. The Hall–Kier alpha value is -1.81. The molecule has 4 nitrogen and oxygen atoms in total. The van der Waals surface area contributed by atoms with Gasteiger partial charge in [0.2, 0.25) is 0 Å². The highest BCUT2D eigenvalue weighted by Crippen LogP contribution is 2.19. The number of hydrogen-bond acceptors (Lipinski definition) is 4. The number of likely N-dealkylation sites (tertiary alicyclic amines) is 1. The predicted molar refractivity (Wildman–Crippen MR) is 76.6 cm³/mol. The molecule has 1 fully saturated rings. The molecule has 1 aromatic heterocycles. The summed E-state index contributed by atoms with van der Waals surface area (Å²) in [7, 11) is 0. The van der Waals surface area contributed by atoms with E-state index in [-0.39, 0.29) is 0 Å². The summed E-state index contributed by atoms with van der Waals surface area (Å²) in [6.07, 6.45) is 2.44. The van der Waals surface area contributed by atoms with Gasteiger partial charge in [0.15, 0.2) is 5.76 Å². The number of nitrogens with zero attached hydrogens (tertiary/aromatic N) is 2. The Morgan fingerprint density at radius 1 is 1.25 bits per heavy atom. The van der Waals surface area contributed by atoms with E-state index in [2.05, 4.69) is 10.1 Å². The molecule has 0 radical (unpaired) electrons. The standard InChI is InChI=1S/C16H20N2O2/c1-13-11-16(20-17-13)12-18-9-7-15(8-10-18)19-14-5-3-2-4-6-14/h2-6,11,15H,7-10,12H2,1H3. The first-order chi connectivity index (χ1) is 9.79. The molecule has 2 heterocycles. The van der Waals surface area contributed by atoms with Gasteiger partial charge in [-0.05, 0) is 31.9 Å². The van der Waals surface area contributed by atoms with E-state index in [0.29, 0.717) is 6.10 Å². The average molecular weight is 272 g/mol. The highest BCUT2D eigenvalue weighted by molar-refractivity contribution is 5.21. The second-order valence-electron chi connectivity index (χ2n) is 5.34. The molecule has 0 spiro atoms. The van der Waals surface area contributed by atoms with Gasteiger partial charge in [-0.15, -0.1) is 0 Å². The lowest BCUT2D eigenvalue weighted by Gasteiger charge is -2.31. The van der Waals surface area contributed by atoms with Gasteiger partial charge in [-0.25, -0.2) is 0 Å². The molecule has 1 saturated heterocycles. The predicted octanol–water partition coefficient (Wildman–Crippen LogP) is 3.03. The number of hydrogen-bond donors (Lipinski definition) is 0. The van der Waals surface area contributed by atoms with Crippen LogP contribution in [0.3, 0.4) is 0 Å². The fourth-order valence-corrected chi connectivity index (χ4v) is 2.59. The van der Waals surface area contributed by atoms with Crippen molar-refractivity contribution in [2.45, 2.75) is 32.4 Å². The molecule has 0 aliphatic carbocycles. The third-order valence-electron chi connectivity index (χ3n) is 3.64. The van der Waals surface area contributed by atoms with Crippen molar-refractivity contribution in [3.05, 3.63) is 47.9 Å². The molecule has 3 rings (SSSR count). The molecule has 0 saturated carbocycles. The number of para-hydroxylation sites is 1. The van der Waals surface area contributed by atoms with Gasteiger partial charge in [0.1, 0.15) is 11.9 Å². The summed E-state index contributed by atoms with van der Waals surface area (Å²) in [5, 5.41) is 3.93. The summed E-state index contributed by atoms with van der Waals surface area (Å²) in [4.78, 5) is 2.39. The summed E-state index contributed by atoms with van der Waals surface area (Å²) >= 11 is 0. The number of benzene rings is 1. The van der Waals surface area contributed by atoms with E-state index in [1.54, 1.807) is 0 Å². The van der Waals surface area contributed by atoms with Crippen LogP contribution in [0, 0.1) is 6.92 Å². The first kappa shape index (κ1) is 13.2. The van der Waals surface area contributed by atoms with Crippen LogP contribution >= 0.6 is 0 Å². The lowest BCUT2D eigenvalue weighted by Crippen LogP contribution is -2.37. The molecular weight excluding hydrogens is 252 g/mol. The number of ether oxygens (including phenoxy) is 1. The third-order valence-corrected chi connectivity index (χ3v) is 3.64. The molecule has 0 amide bonds. The summed E-state index contributed by atoms with van der Waals surface area (Å²) in [6, 6.07) is 12.1. The normalized spacial score (nSPS) is 17.2. The molecule has 2 aromatic rings. The van der Waals surface area contributed by atoms with E-state index in [9.17, 15) is 0 Å². The molecule has 4 heteroatoms. The van der Waals surface area contributed by atoms with E-state index in [1.807, 2.05) is 43.3 Å². The highest BCUT2D eigenvalue weighted by Gasteiger charge is 2.21. The van der Waals surface area contributed by atoms with Crippen molar-refractivity contribution >= 4 is 0 Å². The Morgan fingerprint density at radius 3 is 2.65 bits per heavy atom. The molecule has 1 aromatic carbocycles. The smallest absolute Gasteiger partial charge is 0.150 e. The maximum atomic E-state index is 6.00. The number of aromatic nitrogens is 1. The van der Waals surface area contributed by atoms with E-state index >= 15 is 0 Å². The van der Waals surface area contributed by atoms with Crippen LogP contribution in [0.2, 0.25) is 0 Å². The largest absolute Gasteiger partial charge is 0.490 e. The van der Waals surface area contributed by atoms with Crippen molar-refractivity contribution < 1.29 is 9.26 Å². The van der Waals surface area contributed by atoms with Crippen molar-refractivity contribution in [2.75, 3.05) is 13.1 Å². The molecule has 0 atom stereocenters. The Kier molecular flexibility index (Phi) is 4.02. The topological polar surface area (TPSA) is 38.5 Å². The van der Waals surface area contributed by atoms with E-state index < -0.39 is 0 Å². The van der Waals surface area contributed by atoms with Gasteiger partial charge in [-0.1, -0.05) is 23.4 Å². The Morgan fingerprint density at radius 2 is 2.00 bits per heavy atom. The van der Waals surface area contributed by atoms with Crippen LogP contribution in [0.4, 0.5) is 0 Å². The Bertz CT molecular complexity index is 530. The van der Waals surface area contributed by atoms with Gasteiger partial charge in [0.05, 0.1) is 12.2 Å². The summed E-state index contributed by atoms with van der Waals surface area (Å²) < 4.78 is 11.3. The van der Waals surface area contributed by atoms with Crippen molar-refractivity contribution in [3.8, 4) is 5.75 Å². The monoisotopic (exact) mass is 272 g/mol. The lowest BCUT2D eigenvalue weighted by molar-refractivity contribution is 0.0915. The van der Waals surface area contributed by atoms with Gasteiger partial charge in [0, 0.05) is 19.2 Å². The van der Waals surface area contributed by atoms with Gasteiger partial charge >= 0.3 is 0 Å². The Balaban J connectivity index is 1.47. The summed E-state index contributed by atoms with van der Waals surface area (Å²) in [5.74, 6) is 1.92. The molecule has 0 bridgehead atoms. The van der Waals surface area contributed by atoms with Gasteiger partial charge in [0.25, 0.3) is 0 Å². The molecule has 0 unspecified atom stereocenters. The van der Waals surface area contributed by atoms with Crippen LogP contribution in [-0.4, -0.2) is 29.3 Å². The van der Waals surface area contributed by atoms with Crippen LogP contribution in [0.25, 0.3) is 0 Å². The van der Waals surface area contributed by atoms with Crippen LogP contribution in [0.5, 0.6) is 5.75 Å². The Labute approximate surface area is 119 Å². The van der Waals surface area contributed by atoms with Gasteiger partial charge in [-0.3, -0.25) is 4.90 Å². The first-order valence-corrected chi connectivity index (χ1v) is 7.16. The zero-order valence-corrected chi connectivity index (χ0v) is 11.8. The summed E-state index contributed by atoms with van der Waals surface area (Å²) in [6.45, 7) is 4.88. The first-order valence-electron chi connectivity index (χ1n) is 7.16. The molecule has 1 aliphatic rings. The maximum Gasteiger partial charge on any atom is 0.150 e. The van der Waals surface area contributed by atoms with Crippen LogP contribution in [0.15, 0.2) is 40.9 Å². The van der Waals surface area contributed by atoms with Crippen LogP contribution < -0.4 is 4.74 Å². The fourth-order valence-electron chi connectivity index (χ4n) is 2.59. The molecule has 1 aliphatic heterocycles. The minimum absolute atomic E-state index is 0.324. The van der Waals surface area contributed by atoms with Crippen LogP contribution in [-0.2, 0) is 6.54 Å². The summed E-state index contributed by atoms with van der Waals surface area (Å²) in [5.41, 5.74) is 0.947. The number of rotatable bonds is 4. The third kappa shape index (κ3) is 3.39. The second kappa shape index (κ2) is 6.09. The van der Waals surface area contributed by atoms with Gasteiger partial charge < -0.3 is 9.26 Å². The quantitative estimate of drug-likeness (QED) is 0.857. The van der Waals surface area contributed by atoms with Crippen molar-refractivity contribution in [2.24, 2.45) is 0 Å². The van der Waals surface area contributed by atoms with E-state index in [0.717, 1.165) is 49.7 Å². The molecule has 20 heavy (non-hydrogen) atoms. The molecular formula is C16H20N2O2. The van der Waals surface area contributed by atoms with Crippen molar-refractivity contribution in [3.63, 3.8) is 0 Å². The lowest BCUT2D eigenvalue weighted by atomic mass is 10.1. The van der Waals surface area contributed by atoms with Crippen molar-refractivity contribution in [1.82, 2.24) is 10.1 Å². The average Bonchev–Trinajstić information content (AvgIpc) is 2.88. The highest BCUT2D eigenvalue weighted by atomic mass is 16.5.